The van der Waals surface area contributed by atoms with E-state index in [-0.39, 0.29) is 0 Å². The van der Waals surface area contributed by atoms with Crippen LogP contribution in [0, 0.1) is 5.92 Å². The first-order chi connectivity index (χ1) is 9.04. The highest BCUT2D eigenvalue weighted by atomic mass is 32.2. The summed E-state index contributed by atoms with van der Waals surface area (Å²) in [5.41, 5.74) is 0. The summed E-state index contributed by atoms with van der Waals surface area (Å²) < 4.78 is 0. The minimum Gasteiger partial charge on any atom is -0.313 e. The maximum absolute atomic E-state index is 3.81. The van der Waals surface area contributed by atoms with E-state index in [1.807, 2.05) is 0 Å². The molecule has 0 aromatic heterocycles. The van der Waals surface area contributed by atoms with E-state index in [4.69, 9.17) is 0 Å². The molecule has 1 N–H and O–H groups in total. The van der Waals surface area contributed by atoms with E-state index in [2.05, 4.69) is 63.5 Å². The van der Waals surface area contributed by atoms with Gasteiger partial charge in [0, 0.05) is 27.5 Å². The molecule has 114 valence electrons. The molecule has 0 radical (unpaired) electrons. The van der Waals surface area contributed by atoms with Crippen molar-refractivity contribution >= 4 is 23.5 Å². The van der Waals surface area contributed by atoms with E-state index in [0.717, 1.165) is 27.7 Å². The van der Waals surface area contributed by atoms with Crippen LogP contribution in [0.2, 0.25) is 0 Å². The summed E-state index contributed by atoms with van der Waals surface area (Å²) in [7, 11) is 0. The lowest BCUT2D eigenvalue weighted by atomic mass is 10.0. The zero-order valence-corrected chi connectivity index (χ0v) is 15.1. The van der Waals surface area contributed by atoms with Gasteiger partial charge in [-0.25, -0.2) is 0 Å². The Bertz CT molecular complexity index is 233. The maximum Gasteiger partial charge on any atom is 0.0294 e. The topological polar surface area (TPSA) is 12.0 Å². The van der Waals surface area contributed by atoms with Crippen molar-refractivity contribution in [2.24, 2.45) is 5.92 Å². The van der Waals surface area contributed by atoms with Gasteiger partial charge in [-0.1, -0.05) is 47.5 Å². The molecule has 0 amide bonds. The van der Waals surface area contributed by atoms with Gasteiger partial charge in [0.1, 0.15) is 0 Å². The first-order valence-corrected chi connectivity index (χ1v) is 10.0. The van der Waals surface area contributed by atoms with Gasteiger partial charge in [-0.15, -0.1) is 0 Å². The third-order valence-electron chi connectivity index (χ3n) is 3.98. The second-order valence-electron chi connectivity index (χ2n) is 6.30. The molecule has 4 unspecified atom stereocenters. The molecule has 0 spiro atoms. The minimum atomic E-state index is 0.728. The zero-order chi connectivity index (χ0) is 14.3. The molecule has 1 aliphatic heterocycles. The molecule has 0 aromatic carbocycles. The summed E-state index contributed by atoms with van der Waals surface area (Å²) in [5.74, 6) is 2.18. The largest absolute Gasteiger partial charge is 0.313 e. The van der Waals surface area contributed by atoms with Crippen molar-refractivity contribution < 1.29 is 0 Å². The van der Waals surface area contributed by atoms with Crippen LogP contribution in [0.3, 0.4) is 0 Å². The van der Waals surface area contributed by atoms with Crippen LogP contribution in [-0.4, -0.2) is 34.1 Å². The number of nitrogens with one attached hydrogen (secondary N) is 1. The highest BCUT2D eigenvalue weighted by molar-refractivity contribution is 8.07. The summed E-state index contributed by atoms with van der Waals surface area (Å²) >= 11 is 4.40. The molecular formula is C16H33NS2. The average molecular weight is 304 g/mol. The van der Waals surface area contributed by atoms with E-state index < -0.39 is 0 Å². The number of hydrogen-bond acceptors (Lipinski definition) is 3. The summed E-state index contributed by atoms with van der Waals surface area (Å²) in [5, 5.41) is 6.26. The van der Waals surface area contributed by atoms with E-state index in [1.54, 1.807) is 0 Å². The Morgan fingerprint density at radius 1 is 1.16 bits per heavy atom. The van der Waals surface area contributed by atoms with Crippen molar-refractivity contribution in [2.45, 2.75) is 82.1 Å². The highest BCUT2D eigenvalue weighted by Crippen LogP contribution is 2.38. The van der Waals surface area contributed by atoms with E-state index in [0.29, 0.717) is 0 Å². The van der Waals surface area contributed by atoms with Gasteiger partial charge in [-0.05, 0) is 25.3 Å². The average Bonchev–Trinajstić information content (AvgIpc) is 2.36. The molecule has 19 heavy (non-hydrogen) atoms. The van der Waals surface area contributed by atoms with Gasteiger partial charge < -0.3 is 5.32 Å². The van der Waals surface area contributed by atoms with Crippen LogP contribution in [0.25, 0.3) is 0 Å². The van der Waals surface area contributed by atoms with Crippen LogP contribution >= 0.6 is 23.5 Å². The van der Waals surface area contributed by atoms with Crippen molar-refractivity contribution in [2.75, 3.05) is 12.3 Å². The number of hydrogen-bond donors (Lipinski definition) is 1. The summed E-state index contributed by atoms with van der Waals surface area (Å²) in [4.78, 5) is 0. The fraction of sp³-hybridized carbons (Fsp3) is 1.00. The van der Waals surface area contributed by atoms with Crippen LogP contribution in [-0.2, 0) is 0 Å². The predicted molar refractivity (Wildman–Crippen MR) is 93.5 cm³/mol. The molecule has 4 atom stereocenters. The fourth-order valence-electron chi connectivity index (χ4n) is 2.51. The van der Waals surface area contributed by atoms with E-state index in [1.165, 1.54) is 38.0 Å². The van der Waals surface area contributed by atoms with Gasteiger partial charge in [0.2, 0.25) is 0 Å². The minimum absolute atomic E-state index is 0.728. The summed E-state index contributed by atoms with van der Waals surface area (Å²) in [6.07, 6.45) is 5.36. The van der Waals surface area contributed by atoms with Gasteiger partial charge in [0.05, 0.1) is 0 Å². The van der Waals surface area contributed by atoms with Crippen molar-refractivity contribution in [1.29, 1.82) is 0 Å². The lowest BCUT2D eigenvalue weighted by Crippen LogP contribution is -2.43. The van der Waals surface area contributed by atoms with Crippen LogP contribution < -0.4 is 5.32 Å². The molecule has 1 rings (SSSR count). The molecule has 0 bridgehead atoms. The molecule has 0 aromatic rings. The van der Waals surface area contributed by atoms with Gasteiger partial charge in [0.15, 0.2) is 0 Å². The van der Waals surface area contributed by atoms with Crippen molar-refractivity contribution in [3.05, 3.63) is 0 Å². The Hall–Kier alpha value is 0.660. The molecular weight excluding hydrogens is 270 g/mol. The van der Waals surface area contributed by atoms with Crippen LogP contribution in [0.1, 0.15) is 60.3 Å². The van der Waals surface area contributed by atoms with Crippen molar-refractivity contribution in [3.63, 3.8) is 0 Å². The SMILES string of the molecule is CCCNC(CCCC(C)C)C1CSC(C)C(C)S1. The molecule has 0 aliphatic carbocycles. The first-order valence-electron chi connectivity index (χ1n) is 8.05. The normalized spacial score (nSPS) is 29.7. The summed E-state index contributed by atoms with van der Waals surface area (Å²) in [6, 6.07) is 0.728. The Balaban J connectivity index is 2.43. The van der Waals surface area contributed by atoms with E-state index >= 15 is 0 Å². The molecule has 0 saturated carbocycles. The monoisotopic (exact) mass is 303 g/mol. The van der Waals surface area contributed by atoms with Crippen molar-refractivity contribution in [3.8, 4) is 0 Å². The first kappa shape index (κ1) is 17.7. The smallest absolute Gasteiger partial charge is 0.0294 e. The predicted octanol–water partition coefficient (Wildman–Crippen LogP) is 4.81. The Kier molecular flexibility index (Phi) is 8.92. The highest BCUT2D eigenvalue weighted by Gasteiger charge is 2.30. The Morgan fingerprint density at radius 2 is 1.89 bits per heavy atom. The maximum atomic E-state index is 3.81. The van der Waals surface area contributed by atoms with Gasteiger partial charge in [-0.2, -0.15) is 23.5 Å². The second-order valence-corrected chi connectivity index (χ2v) is 9.33. The second kappa shape index (κ2) is 9.57. The number of thioether (sulfide) groups is 2. The van der Waals surface area contributed by atoms with Gasteiger partial charge in [-0.3, -0.25) is 0 Å². The molecule has 1 fully saturated rings. The van der Waals surface area contributed by atoms with Crippen LogP contribution in [0.4, 0.5) is 0 Å². The van der Waals surface area contributed by atoms with Crippen molar-refractivity contribution in [1.82, 2.24) is 5.32 Å². The van der Waals surface area contributed by atoms with Gasteiger partial charge >= 0.3 is 0 Å². The standard InChI is InChI=1S/C16H33NS2/c1-6-10-17-15(9-7-8-12(2)3)16-11-18-13(4)14(5)19-16/h12-17H,6-11H2,1-5H3. The molecule has 1 aliphatic rings. The lowest BCUT2D eigenvalue weighted by molar-refractivity contribution is 0.434. The Morgan fingerprint density at radius 3 is 2.47 bits per heavy atom. The third-order valence-corrected chi connectivity index (χ3v) is 7.53. The molecule has 1 saturated heterocycles. The van der Waals surface area contributed by atoms with Crippen LogP contribution in [0.15, 0.2) is 0 Å². The third kappa shape index (κ3) is 6.77. The van der Waals surface area contributed by atoms with Gasteiger partial charge in [0.25, 0.3) is 0 Å². The molecule has 1 nitrogen and oxygen atoms in total. The summed E-state index contributed by atoms with van der Waals surface area (Å²) in [6.45, 7) is 12.9. The van der Waals surface area contributed by atoms with Crippen LogP contribution in [0.5, 0.6) is 0 Å². The molecule has 1 heterocycles. The fourth-order valence-corrected chi connectivity index (χ4v) is 5.68. The Labute approximate surface area is 129 Å². The lowest BCUT2D eigenvalue weighted by Gasteiger charge is -2.36. The number of rotatable bonds is 8. The quantitative estimate of drug-likeness (QED) is 0.691. The zero-order valence-electron chi connectivity index (χ0n) is 13.4. The van der Waals surface area contributed by atoms with E-state index in [9.17, 15) is 0 Å². The molecule has 3 heteroatoms.